The minimum absolute atomic E-state index is 0.0264. The molecule has 2 aliphatic heterocycles. The van der Waals surface area contributed by atoms with Crippen LogP contribution in [0.1, 0.15) is 29.6 Å². The summed E-state index contributed by atoms with van der Waals surface area (Å²) in [6, 6.07) is 4.92. The summed E-state index contributed by atoms with van der Waals surface area (Å²) in [7, 11) is 0. The van der Waals surface area contributed by atoms with Crippen LogP contribution in [0.25, 0.3) is 0 Å². The number of hydrogen-bond donors (Lipinski definition) is 2. The van der Waals surface area contributed by atoms with Crippen molar-refractivity contribution in [2.24, 2.45) is 0 Å². The first-order valence-corrected chi connectivity index (χ1v) is 9.39. The monoisotopic (exact) mass is 353 g/mol. The Balaban J connectivity index is 1.67. The number of carbonyl (C=O) groups excluding carboxylic acids is 2. The van der Waals surface area contributed by atoms with Gasteiger partial charge < -0.3 is 10.2 Å². The molecule has 2 N–H and O–H groups in total. The molecule has 0 bridgehead atoms. The SMILES string of the molecule is O=C(Nc1ccc(C(=O)N2CCCCC2)c(Cl)c1)C1CSCN1. The maximum absolute atomic E-state index is 12.5. The lowest BCUT2D eigenvalue weighted by Gasteiger charge is -2.27. The van der Waals surface area contributed by atoms with E-state index in [0.29, 0.717) is 16.3 Å². The van der Waals surface area contributed by atoms with Crippen molar-refractivity contribution in [2.75, 3.05) is 30.0 Å². The summed E-state index contributed by atoms with van der Waals surface area (Å²) < 4.78 is 0. The van der Waals surface area contributed by atoms with Crippen molar-refractivity contribution in [3.63, 3.8) is 0 Å². The van der Waals surface area contributed by atoms with E-state index in [1.165, 1.54) is 6.42 Å². The van der Waals surface area contributed by atoms with Gasteiger partial charge in [-0.3, -0.25) is 14.9 Å². The van der Waals surface area contributed by atoms with Crippen LogP contribution in [-0.2, 0) is 4.79 Å². The normalized spacial score (nSPS) is 21.3. The second-order valence-corrected chi connectivity index (χ2v) is 7.25. The number of likely N-dealkylation sites (tertiary alicyclic amines) is 1. The number of benzene rings is 1. The van der Waals surface area contributed by atoms with Gasteiger partial charge >= 0.3 is 0 Å². The molecule has 0 saturated carbocycles. The summed E-state index contributed by atoms with van der Waals surface area (Å²) in [5.74, 6) is 1.47. The highest BCUT2D eigenvalue weighted by atomic mass is 35.5. The molecule has 0 aromatic heterocycles. The molecule has 23 heavy (non-hydrogen) atoms. The van der Waals surface area contributed by atoms with Gasteiger partial charge in [0.05, 0.1) is 16.6 Å². The van der Waals surface area contributed by atoms with Gasteiger partial charge in [0.25, 0.3) is 5.91 Å². The molecule has 7 heteroatoms. The lowest BCUT2D eigenvalue weighted by Crippen LogP contribution is -2.37. The predicted octanol–water partition coefficient (Wildman–Crippen LogP) is 2.57. The van der Waals surface area contributed by atoms with Crippen molar-refractivity contribution in [1.82, 2.24) is 10.2 Å². The first-order valence-electron chi connectivity index (χ1n) is 7.86. The van der Waals surface area contributed by atoms with Gasteiger partial charge in [-0.1, -0.05) is 11.6 Å². The van der Waals surface area contributed by atoms with Gasteiger partial charge in [-0.2, -0.15) is 0 Å². The Morgan fingerprint density at radius 1 is 1.26 bits per heavy atom. The Bertz CT molecular complexity index is 599. The number of carbonyl (C=O) groups is 2. The number of piperidine rings is 1. The third-order valence-corrected chi connectivity index (χ3v) is 5.40. The largest absolute Gasteiger partial charge is 0.339 e. The number of anilines is 1. The quantitative estimate of drug-likeness (QED) is 0.876. The van der Waals surface area contributed by atoms with Crippen LogP contribution in [0, 0.1) is 0 Å². The minimum atomic E-state index is -0.173. The van der Waals surface area contributed by atoms with Crippen molar-refractivity contribution in [2.45, 2.75) is 25.3 Å². The number of amides is 2. The van der Waals surface area contributed by atoms with E-state index >= 15 is 0 Å². The summed E-state index contributed by atoms with van der Waals surface area (Å²) in [6.07, 6.45) is 3.27. The summed E-state index contributed by atoms with van der Waals surface area (Å²) in [5, 5.41) is 6.35. The first kappa shape index (κ1) is 16.6. The lowest BCUT2D eigenvalue weighted by atomic mass is 10.1. The summed E-state index contributed by atoms with van der Waals surface area (Å²) >= 11 is 7.97. The fourth-order valence-electron chi connectivity index (χ4n) is 2.83. The van der Waals surface area contributed by atoms with Crippen molar-refractivity contribution in [3.8, 4) is 0 Å². The third kappa shape index (κ3) is 4.00. The molecule has 1 aromatic carbocycles. The van der Waals surface area contributed by atoms with E-state index in [1.807, 2.05) is 4.90 Å². The zero-order chi connectivity index (χ0) is 16.2. The number of nitrogens with one attached hydrogen (secondary N) is 2. The summed E-state index contributed by atoms with van der Waals surface area (Å²) in [4.78, 5) is 26.4. The van der Waals surface area contributed by atoms with E-state index in [9.17, 15) is 9.59 Å². The van der Waals surface area contributed by atoms with E-state index in [2.05, 4.69) is 10.6 Å². The van der Waals surface area contributed by atoms with Crippen LogP contribution in [0.15, 0.2) is 18.2 Å². The van der Waals surface area contributed by atoms with E-state index in [4.69, 9.17) is 11.6 Å². The van der Waals surface area contributed by atoms with Gasteiger partial charge in [-0.15, -0.1) is 11.8 Å². The zero-order valence-corrected chi connectivity index (χ0v) is 14.4. The average molecular weight is 354 g/mol. The smallest absolute Gasteiger partial charge is 0.255 e. The highest BCUT2D eigenvalue weighted by Gasteiger charge is 2.23. The van der Waals surface area contributed by atoms with Gasteiger partial charge in [0.1, 0.15) is 0 Å². The van der Waals surface area contributed by atoms with Gasteiger partial charge in [-0.25, -0.2) is 0 Å². The molecule has 2 aliphatic rings. The number of halogens is 1. The molecule has 124 valence electrons. The molecule has 0 aliphatic carbocycles. The molecule has 3 rings (SSSR count). The standard InChI is InChI=1S/C16H20ClN3O2S/c17-13-8-11(19-15(21)14-9-23-10-18-14)4-5-12(13)16(22)20-6-2-1-3-7-20/h4-5,8,14,18H,1-3,6-7,9-10H2,(H,19,21). The highest BCUT2D eigenvalue weighted by molar-refractivity contribution is 7.99. The number of rotatable bonds is 3. The minimum Gasteiger partial charge on any atom is -0.339 e. The van der Waals surface area contributed by atoms with Crippen LogP contribution in [0.2, 0.25) is 5.02 Å². The van der Waals surface area contributed by atoms with Crippen LogP contribution >= 0.6 is 23.4 Å². The van der Waals surface area contributed by atoms with E-state index in [0.717, 1.165) is 37.6 Å². The Kier molecular flexibility index (Phi) is 5.46. The molecule has 0 spiro atoms. The number of nitrogens with zero attached hydrogens (tertiary/aromatic N) is 1. The van der Waals surface area contributed by atoms with Gasteiger partial charge in [0.2, 0.25) is 5.91 Å². The van der Waals surface area contributed by atoms with Gasteiger partial charge in [-0.05, 0) is 37.5 Å². The molecular formula is C16H20ClN3O2S. The van der Waals surface area contributed by atoms with Gasteiger partial charge in [0.15, 0.2) is 0 Å². The van der Waals surface area contributed by atoms with E-state index in [1.54, 1.807) is 30.0 Å². The molecule has 2 fully saturated rings. The Morgan fingerprint density at radius 3 is 2.70 bits per heavy atom. The molecular weight excluding hydrogens is 334 g/mol. The first-order chi connectivity index (χ1) is 11.1. The Morgan fingerprint density at radius 2 is 2.04 bits per heavy atom. The van der Waals surface area contributed by atoms with E-state index in [-0.39, 0.29) is 17.9 Å². The summed E-state index contributed by atoms with van der Waals surface area (Å²) in [5.41, 5.74) is 1.12. The number of thioether (sulfide) groups is 1. The molecule has 0 radical (unpaired) electrons. The van der Waals surface area contributed by atoms with Crippen LogP contribution in [0.5, 0.6) is 0 Å². The summed E-state index contributed by atoms with van der Waals surface area (Å²) in [6.45, 7) is 1.58. The molecule has 5 nitrogen and oxygen atoms in total. The molecule has 1 aromatic rings. The molecule has 2 amide bonds. The van der Waals surface area contributed by atoms with Crippen molar-refractivity contribution >= 4 is 40.9 Å². The van der Waals surface area contributed by atoms with Crippen LogP contribution < -0.4 is 10.6 Å². The maximum Gasteiger partial charge on any atom is 0.255 e. The second kappa shape index (κ2) is 7.55. The topological polar surface area (TPSA) is 61.4 Å². The van der Waals surface area contributed by atoms with Crippen molar-refractivity contribution < 1.29 is 9.59 Å². The third-order valence-electron chi connectivity index (χ3n) is 4.14. The van der Waals surface area contributed by atoms with Crippen LogP contribution in [0.3, 0.4) is 0 Å². The maximum atomic E-state index is 12.5. The molecule has 2 saturated heterocycles. The van der Waals surface area contributed by atoms with Gasteiger partial charge in [0, 0.05) is 30.4 Å². The van der Waals surface area contributed by atoms with Crippen molar-refractivity contribution in [1.29, 1.82) is 0 Å². The average Bonchev–Trinajstić information content (AvgIpc) is 3.10. The van der Waals surface area contributed by atoms with E-state index < -0.39 is 0 Å². The van der Waals surface area contributed by atoms with Crippen LogP contribution in [-0.4, -0.2) is 47.5 Å². The molecule has 2 heterocycles. The second-order valence-electron chi connectivity index (χ2n) is 5.81. The Labute approximate surface area is 145 Å². The van der Waals surface area contributed by atoms with Crippen LogP contribution in [0.4, 0.5) is 5.69 Å². The number of hydrogen-bond acceptors (Lipinski definition) is 4. The predicted molar refractivity (Wildman–Crippen MR) is 94.1 cm³/mol. The Hall–Kier alpha value is -1.24. The lowest BCUT2D eigenvalue weighted by molar-refractivity contribution is -0.117. The molecule has 1 atom stereocenters. The highest BCUT2D eigenvalue weighted by Crippen LogP contribution is 2.24. The molecule has 1 unspecified atom stereocenters. The fourth-order valence-corrected chi connectivity index (χ4v) is 4.03. The fraction of sp³-hybridized carbons (Fsp3) is 0.500. The van der Waals surface area contributed by atoms with Crippen molar-refractivity contribution in [3.05, 3.63) is 28.8 Å². The zero-order valence-electron chi connectivity index (χ0n) is 12.8.